The number of nitriles is 1. The topological polar surface area (TPSA) is 56.5 Å². The van der Waals surface area contributed by atoms with E-state index in [0.717, 1.165) is 5.56 Å². The first-order chi connectivity index (χ1) is 11.1. The second-order valence-electron chi connectivity index (χ2n) is 5.43. The summed E-state index contributed by atoms with van der Waals surface area (Å²) in [4.78, 5) is 1.90. The van der Waals surface area contributed by atoms with Crippen LogP contribution in [0.5, 0.6) is 5.75 Å². The van der Waals surface area contributed by atoms with Crippen molar-refractivity contribution in [3.05, 3.63) is 65.5 Å². The maximum atomic E-state index is 13.1. The summed E-state index contributed by atoms with van der Waals surface area (Å²) < 4.78 is 18.6. The van der Waals surface area contributed by atoms with Crippen LogP contribution in [0, 0.1) is 17.1 Å². The van der Waals surface area contributed by atoms with Gasteiger partial charge in [-0.25, -0.2) is 4.39 Å². The van der Waals surface area contributed by atoms with Crippen LogP contribution in [0.15, 0.2) is 48.5 Å². The van der Waals surface area contributed by atoms with E-state index in [0.29, 0.717) is 24.4 Å². The van der Waals surface area contributed by atoms with Gasteiger partial charge in [0.1, 0.15) is 24.3 Å². The SMILES string of the molecule is CN(Cc1cccc(F)c1)CC(O)COc1ccc(C#N)cc1. The van der Waals surface area contributed by atoms with Gasteiger partial charge in [-0.2, -0.15) is 5.26 Å². The summed E-state index contributed by atoms with van der Waals surface area (Å²) >= 11 is 0. The number of ether oxygens (including phenoxy) is 1. The molecule has 0 aliphatic heterocycles. The minimum absolute atomic E-state index is 0.152. The van der Waals surface area contributed by atoms with Gasteiger partial charge < -0.3 is 9.84 Å². The zero-order valence-electron chi connectivity index (χ0n) is 12.9. The molecule has 0 aliphatic rings. The fourth-order valence-corrected chi connectivity index (χ4v) is 2.24. The molecule has 1 unspecified atom stereocenters. The third kappa shape index (κ3) is 5.70. The fourth-order valence-electron chi connectivity index (χ4n) is 2.24. The normalized spacial score (nSPS) is 12.0. The largest absolute Gasteiger partial charge is 0.491 e. The summed E-state index contributed by atoms with van der Waals surface area (Å²) in [5, 5.41) is 18.7. The third-order valence-electron chi connectivity index (χ3n) is 3.29. The molecule has 0 spiro atoms. The van der Waals surface area contributed by atoms with Crippen molar-refractivity contribution in [3.63, 3.8) is 0 Å². The Morgan fingerprint density at radius 1 is 1.26 bits per heavy atom. The van der Waals surface area contributed by atoms with Crippen LogP contribution in [0.2, 0.25) is 0 Å². The molecule has 0 radical (unpaired) electrons. The van der Waals surface area contributed by atoms with E-state index in [1.165, 1.54) is 12.1 Å². The molecule has 2 aromatic carbocycles. The molecular weight excluding hydrogens is 295 g/mol. The van der Waals surface area contributed by atoms with Crippen molar-refractivity contribution in [1.82, 2.24) is 4.90 Å². The number of aliphatic hydroxyl groups excluding tert-OH is 1. The highest BCUT2D eigenvalue weighted by atomic mass is 19.1. The van der Waals surface area contributed by atoms with Gasteiger partial charge in [-0.3, -0.25) is 4.90 Å². The minimum atomic E-state index is -0.663. The van der Waals surface area contributed by atoms with Gasteiger partial charge in [0.25, 0.3) is 0 Å². The average Bonchev–Trinajstić information content (AvgIpc) is 2.53. The molecule has 5 heteroatoms. The van der Waals surface area contributed by atoms with Gasteiger partial charge >= 0.3 is 0 Å². The summed E-state index contributed by atoms with van der Waals surface area (Å²) in [5.41, 5.74) is 1.42. The number of nitrogens with zero attached hydrogens (tertiary/aromatic N) is 2. The molecular formula is C18H19FN2O2. The van der Waals surface area contributed by atoms with Crippen LogP contribution in [0.4, 0.5) is 4.39 Å². The number of hydrogen-bond donors (Lipinski definition) is 1. The molecule has 0 bridgehead atoms. The highest BCUT2D eigenvalue weighted by Gasteiger charge is 2.10. The molecule has 23 heavy (non-hydrogen) atoms. The van der Waals surface area contributed by atoms with Crippen LogP contribution in [-0.2, 0) is 6.54 Å². The zero-order valence-corrected chi connectivity index (χ0v) is 12.9. The Balaban J connectivity index is 1.77. The molecule has 4 nitrogen and oxygen atoms in total. The lowest BCUT2D eigenvalue weighted by atomic mass is 10.2. The summed E-state index contributed by atoms with van der Waals surface area (Å²) in [5.74, 6) is 0.344. The van der Waals surface area contributed by atoms with Crippen LogP contribution in [0.3, 0.4) is 0 Å². The lowest BCUT2D eigenvalue weighted by Gasteiger charge is -2.21. The number of likely N-dealkylation sites (N-methyl/N-ethyl adjacent to an activating group) is 1. The second kappa shape index (κ2) is 8.28. The van der Waals surface area contributed by atoms with E-state index in [9.17, 15) is 9.50 Å². The Bertz CT molecular complexity index is 667. The third-order valence-corrected chi connectivity index (χ3v) is 3.29. The van der Waals surface area contributed by atoms with Crippen LogP contribution < -0.4 is 4.74 Å². The van der Waals surface area contributed by atoms with Crippen molar-refractivity contribution in [1.29, 1.82) is 5.26 Å². The Labute approximate surface area is 135 Å². The highest BCUT2D eigenvalue weighted by Crippen LogP contribution is 2.12. The summed E-state index contributed by atoms with van der Waals surface area (Å²) in [6.07, 6.45) is -0.663. The van der Waals surface area contributed by atoms with Crippen molar-refractivity contribution in [2.75, 3.05) is 20.2 Å². The maximum Gasteiger partial charge on any atom is 0.123 e. The van der Waals surface area contributed by atoms with Crippen LogP contribution in [-0.4, -0.2) is 36.3 Å². The molecule has 0 fully saturated rings. The summed E-state index contributed by atoms with van der Waals surface area (Å²) in [7, 11) is 1.86. The lowest BCUT2D eigenvalue weighted by Crippen LogP contribution is -2.32. The van der Waals surface area contributed by atoms with Gasteiger partial charge in [-0.15, -0.1) is 0 Å². The Kier molecular flexibility index (Phi) is 6.10. The van der Waals surface area contributed by atoms with Crippen molar-refractivity contribution < 1.29 is 14.2 Å². The number of benzene rings is 2. The molecule has 2 aromatic rings. The highest BCUT2D eigenvalue weighted by molar-refractivity contribution is 5.34. The zero-order chi connectivity index (χ0) is 16.7. The standard InChI is InChI=1S/C18H19FN2O2/c1-21(11-15-3-2-4-16(19)9-15)12-17(22)13-23-18-7-5-14(10-20)6-8-18/h2-9,17,22H,11-13H2,1H3. The maximum absolute atomic E-state index is 13.1. The molecule has 1 N–H and O–H groups in total. The lowest BCUT2D eigenvalue weighted by molar-refractivity contribution is 0.0744. The smallest absolute Gasteiger partial charge is 0.123 e. The van der Waals surface area contributed by atoms with Gasteiger partial charge in [-0.05, 0) is 49.0 Å². The number of halogens is 1. The first-order valence-corrected chi connectivity index (χ1v) is 7.31. The Morgan fingerprint density at radius 2 is 2.00 bits per heavy atom. The molecule has 120 valence electrons. The Hall–Kier alpha value is -2.42. The molecule has 2 rings (SSSR count). The molecule has 1 atom stereocenters. The number of hydrogen-bond acceptors (Lipinski definition) is 4. The summed E-state index contributed by atoms with van der Waals surface area (Å²) in [6.45, 7) is 1.11. The minimum Gasteiger partial charge on any atom is -0.491 e. The number of rotatable bonds is 7. The van der Waals surface area contributed by atoms with E-state index in [2.05, 4.69) is 0 Å². The molecule has 0 aliphatic carbocycles. The average molecular weight is 314 g/mol. The second-order valence-corrected chi connectivity index (χ2v) is 5.43. The Morgan fingerprint density at radius 3 is 2.65 bits per heavy atom. The van der Waals surface area contributed by atoms with E-state index < -0.39 is 6.10 Å². The quantitative estimate of drug-likeness (QED) is 0.853. The van der Waals surface area contributed by atoms with Crippen molar-refractivity contribution in [2.24, 2.45) is 0 Å². The van der Waals surface area contributed by atoms with Crippen LogP contribution >= 0.6 is 0 Å². The van der Waals surface area contributed by atoms with E-state index >= 15 is 0 Å². The monoisotopic (exact) mass is 314 g/mol. The predicted molar refractivity (Wildman–Crippen MR) is 85.4 cm³/mol. The number of aliphatic hydroxyl groups is 1. The molecule has 0 saturated carbocycles. The van der Waals surface area contributed by atoms with Crippen molar-refractivity contribution in [3.8, 4) is 11.8 Å². The van der Waals surface area contributed by atoms with Gasteiger partial charge in [0.05, 0.1) is 11.6 Å². The van der Waals surface area contributed by atoms with Gasteiger partial charge in [0, 0.05) is 13.1 Å². The van der Waals surface area contributed by atoms with Crippen molar-refractivity contribution >= 4 is 0 Å². The van der Waals surface area contributed by atoms with Gasteiger partial charge in [-0.1, -0.05) is 12.1 Å². The predicted octanol–water partition coefficient (Wildman–Crippen LogP) is 2.57. The molecule has 0 heterocycles. The van der Waals surface area contributed by atoms with E-state index in [1.54, 1.807) is 30.3 Å². The molecule has 0 saturated heterocycles. The van der Waals surface area contributed by atoms with E-state index in [-0.39, 0.29) is 12.4 Å². The molecule has 0 aromatic heterocycles. The molecule has 0 amide bonds. The van der Waals surface area contributed by atoms with Crippen LogP contribution in [0.1, 0.15) is 11.1 Å². The van der Waals surface area contributed by atoms with Gasteiger partial charge in [0.15, 0.2) is 0 Å². The fraction of sp³-hybridized carbons (Fsp3) is 0.278. The van der Waals surface area contributed by atoms with Gasteiger partial charge in [0.2, 0.25) is 0 Å². The first kappa shape index (κ1) is 16.9. The summed E-state index contributed by atoms with van der Waals surface area (Å²) in [6, 6.07) is 15.2. The van der Waals surface area contributed by atoms with E-state index in [4.69, 9.17) is 10.00 Å². The van der Waals surface area contributed by atoms with E-state index in [1.807, 2.05) is 24.1 Å². The first-order valence-electron chi connectivity index (χ1n) is 7.31. The van der Waals surface area contributed by atoms with Crippen LogP contribution in [0.25, 0.3) is 0 Å². The van der Waals surface area contributed by atoms with Crippen molar-refractivity contribution in [2.45, 2.75) is 12.6 Å².